The minimum Gasteiger partial charge on any atom is -0.348 e. The van der Waals surface area contributed by atoms with Crippen molar-refractivity contribution in [2.45, 2.75) is 12.5 Å². The Morgan fingerprint density at radius 1 is 1.33 bits per heavy atom. The zero-order chi connectivity index (χ0) is 17.1. The quantitative estimate of drug-likeness (QED) is 0.867. The molecule has 1 aliphatic rings. The number of nitrogens with one attached hydrogen (secondary N) is 1. The van der Waals surface area contributed by atoms with Crippen molar-refractivity contribution in [2.75, 3.05) is 13.6 Å². The van der Waals surface area contributed by atoms with Gasteiger partial charge in [0.2, 0.25) is 11.8 Å². The minimum absolute atomic E-state index is 0.0389. The Labute approximate surface area is 143 Å². The molecule has 1 atom stereocenters. The number of hydrogen-bond acceptors (Lipinski definition) is 3. The van der Waals surface area contributed by atoms with Crippen molar-refractivity contribution in [3.8, 4) is 10.4 Å². The van der Waals surface area contributed by atoms with Gasteiger partial charge in [0.1, 0.15) is 5.82 Å². The predicted octanol–water partition coefficient (Wildman–Crippen LogP) is 2.91. The zero-order valence-electron chi connectivity index (χ0n) is 13.2. The molecule has 1 saturated heterocycles. The Hall–Kier alpha value is -2.47. The van der Waals surface area contributed by atoms with Gasteiger partial charge in [-0.25, -0.2) is 4.39 Å². The van der Waals surface area contributed by atoms with Gasteiger partial charge in [0.25, 0.3) is 0 Å². The summed E-state index contributed by atoms with van der Waals surface area (Å²) < 4.78 is 13.8. The summed E-state index contributed by atoms with van der Waals surface area (Å²) in [5.74, 6) is -0.455. The van der Waals surface area contributed by atoms with Crippen molar-refractivity contribution in [1.82, 2.24) is 10.2 Å². The molecular formula is C18H17FN2O2S. The van der Waals surface area contributed by atoms with E-state index in [0.717, 1.165) is 9.75 Å². The van der Waals surface area contributed by atoms with Gasteiger partial charge >= 0.3 is 0 Å². The first-order valence-electron chi connectivity index (χ1n) is 7.60. The number of amides is 2. The van der Waals surface area contributed by atoms with E-state index in [1.54, 1.807) is 36.2 Å². The van der Waals surface area contributed by atoms with E-state index in [1.165, 1.54) is 23.5 Å². The standard InChI is InChI=1S/C18H17FN2O2S/c1-21-11-12(10-18(21)23)20-17(22)9-7-13-6-8-16(24-13)14-4-2-3-5-15(14)19/h2-9,12H,10-11H2,1H3,(H,20,22)/b9-7+. The molecule has 124 valence electrons. The molecule has 1 N–H and O–H groups in total. The molecule has 2 heterocycles. The monoisotopic (exact) mass is 344 g/mol. The van der Waals surface area contributed by atoms with Gasteiger partial charge in [-0.3, -0.25) is 9.59 Å². The third-order valence-electron chi connectivity index (χ3n) is 3.85. The second-order valence-electron chi connectivity index (χ2n) is 5.70. The SMILES string of the molecule is CN1CC(NC(=O)/C=C/c2ccc(-c3ccccc3F)s2)CC1=O. The van der Waals surface area contributed by atoms with Crippen LogP contribution in [-0.4, -0.2) is 36.3 Å². The topological polar surface area (TPSA) is 49.4 Å². The Morgan fingerprint density at radius 2 is 2.12 bits per heavy atom. The summed E-state index contributed by atoms with van der Waals surface area (Å²) in [5.41, 5.74) is 0.555. The first kappa shape index (κ1) is 16.4. The molecule has 2 amide bonds. The summed E-state index contributed by atoms with van der Waals surface area (Å²) in [5, 5.41) is 2.81. The van der Waals surface area contributed by atoms with Crippen LogP contribution in [0.15, 0.2) is 42.5 Å². The van der Waals surface area contributed by atoms with E-state index in [9.17, 15) is 14.0 Å². The average Bonchev–Trinajstić information content (AvgIpc) is 3.13. The number of likely N-dealkylation sites (N-methyl/N-ethyl adjacent to an activating group) is 1. The number of halogens is 1. The highest BCUT2D eigenvalue weighted by molar-refractivity contribution is 7.16. The number of hydrogen-bond donors (Lipinski definition) is 1. The molecule has 0 saturated carbocycles. The van der Waals surface area contributed by atoms with Crippen molar-refractivity contribution in [3.05, 3.63) is 53.2 Å². The lowest BCUT2D eigenvalue weighted by atomic mass is 10.2. The summed E-state index contributed by atoms with van der Waals surface area (Å²) in [6.45, 7) is 0.537. The maximum absolute atomic E-state index is 13.8. The van der Waals surface area contributed by atoms with E-state index in [-0.39, 0.29) is 23.7 Å². The van der Waals surface area contributed by atoms with Crippen LogP contribution >= 0.6 is 11.3 Å². The van der Waals surface area contributed by atoms with E-state index >= 15 is 0 Å². The van der Waals surface area contributed by atoms with Gasteiger partial charge < -0.3 is 10.2 Å². The lowest BCUT2D eigenvalue weighted by Gasteiger charge is -2.10. The highest BCUT2D eigenvalue weighted by Crippen LogP contribution is 2.30. The number of likely N-dealkylation sites (tertiary alicyclic amines) is 1. The fourth-order valence-corrected chi connectivity index (χ4v) is 3.55. The normalized spacial score (nSPS) is 17.7. The van der Waals surface area contributed by atoms with Crippen LogP contribution in [0.1, 0.15) is 11.3 Å². The predicted molar refractivity (Wildman–Crippen MR) is 92.9 cm³/mol. The molecule has 1 aliphatic heterocycles. The smallest absolute Gasteiger partial charge is 0.244 e. The maximum Gasteiger partial charge on any atom is 0.244 e. The third kappa shape index (κ3) is 3.71. The van der Waals surface area contributed by atoms with Crippen LogP contribution in [0.25, 0.3) is 16.5 Å². The van der Waals surface area contributed by atoms with Gasteiger partial charge in [-0.05, 0) is 24.3 Å². The molecule has 0 radical (unpaired) electrons. The Kier molecular flexibility index (Phi) is 4.76. The van der Waals surface area contributed by atoms with Gasteiger partial charge in [0.15, 0.2) is 0 Å². The fraction of sp³-hybridized carbons (Fsp3) is 0.222. The molecule has 0 aliphatic carbocycles. The maximum atomic E-state index is 13.8. The Balaban J connectivity index is 1.62. The van der Waals surface area contributed by atoms with Crippen molar-refractivity contribution < 1.29 is 14.0 Å². The lowest BCUT2D eigenvalue weighted by Crippen LogP contribution is -2.35. The van der Waals surface area contributed by atoms with Crippen molar-refractivity contribution in [2.24, 2.45) is 0 Å². The van der Waals surface area contributed by atoms with Crippen LogP contribution < -0.4 is 5.32 Å². The summed E-state index contributed by atoms with van der Waals surface area (Å²) in [6, 6.07) is 10.2. The number of rotatable bonds is 4. The largest absolute Gasteiger partial charge is 0.348 e. The fourth-order valence-electron chi connectivity index (χ4n) is 2.62. The minimum atomic E-state index is -0.261. The Bertz CT molecular complexity index is 800. The van der Waals surface area contributed by atoms with Gasteiger partial charge in [0, 0.05) is 41.4 Å². The van der Waals surface area contributed by atoms with Crippen LogP contribution in [0.5, 0.6) is 0 Å². The highest BCUT2D eigenvalue weighted by atomic mass is 32.1. The van der Waals surface area contributed by atoms with Crippen molar-refractivity contribution in [3.63, 3.8) is 0 Å². The molecule has 1 fully saturated rings. The molecular weight excluding hydrogens is 327 g/mol. The third-order valence-corrected chi connectivity index (χ3v) is 4.94. The van der Waals surface area contributed by atoms with Crippen LogP contribution in [0.3, 0.4) is 0 Å². The number of nitrogens with zero attached hydrogens (tertiary/aromatic N) is 1. The van der Waals surface area contributed by atoms with Crippen LogP contribution in [0.4, 0.5) is 4.39 Å². The van der Waals surface area contributed by atoms with Crippen molar-refractivity contribution in [1.29, 1.82) is 0 Å². The first-order chi connectivity index (χ1) is 11.5. The van der Waals surface area contributed by atoms with Crippen LogP contribution in [0.2, 0.25) is 0 Å². The van der Waals surface area contributed by atoms with Crippen molar-refractivity contribution >= 4 is 29.2 Å². The molecule has 1 aromatic carbocycles. The van der Waals surface area contributed by atoms with Gasteiger partial charge in [0.05, 0.1) is 6.04 Å². The summed E-state index contributed by atoms with van der Waals surface area (Å²) in [6.07, 6.45) is 3.48. The number of carbonyl (C=O) groups is 2. The highest BCUT2D eigenvalue weighted by Gasteiger charge is 2.27. The molecule has 6 heteroatoms. The second-order valence-corrected chi connectivity index (χ2v) is 6.81. The van der Waals surface area contributed by atoms with E-state index in [0.29, 0.717) is 18.5 Å². The van der Waals surface area contributed by atoms with Gasteiger partial charge in [-0.15, -0.1) is 11.3 Å². The second kappa shape index (κ2) is 6.97. The summed E-state index contributed by atoms with van der Waals surface area (Å²) in [7, 11) is 1.72. The molecule has 1 aromatic heterocycles. The Morgan fingerprint density at radius 3 is 2.83 bits per heavy atom. The molecule has 2 aromatic rings. The average molecular weight is 344 g/mol. The number of thiophene rings is 1. The molecule has 0 spiro atoms. The zero-order valence-corrected chi connectivity index (χ0v) is 14.0. The molecule has 4 nitrogen and oxygen atoms in total. The van der Waals surface area contributed by atoms with Crippen LogP contribution in [0, 0.1) is 5.82 Å². The van der Waals surface area contributed by atoms with Crippen LogP contribution in [-0.2, 0) is 9.59 Å². The van der Waals surface area contributed by atoms with E-state index in [4.69, 9.17) is 0 Å². The molecule has 1 unspecified atom stereocenters. The molecule has 24 heavy (non-hydrogen) atoms. The van der Waals surface area contributed by atoms with E-state index in [2.05, 4.69) is 5.32 Å². The van der Waals surface area contributed by atoms with E-state index < -0.39 is 0 Å². The first-order valence-corrected chi connectivity index (χ1v) is 8.42. The van der Waals surface area contributed by atoms with E-state index in [1.807, 2.05) is 12.1 Å². The van der Waals surface area contributed by atoms with Gasteiger partial charge in [-0.2, -0.15) is 0 Å². The number of carbonyl (C=O) groups excluding carboxylic acids is 2. The molecule has 0 bridgehead atoms. The number of benzene rings is 1. The molecule has 3 rings (SSSR count). The summed E-state index contributed by atoms with van der Waals surface area (Å²) in [4.78, 5) is 26.7. The van der Waals surface area contributed by atoms with Gasteiger partial charge in [-0.1, -0.05) is 18.2 Å². The summed E-state index contributed by atoms with van der Waals surface area (Å²) >= 11 is 1.42. The lowest BCUT2D eigenvalue weighted by molar-refractivity contribution is -0.126.